The summed E-state index contributed by atoms with van der Waals surface area (Å²) in [5.41, 5.74) is 0.681. The molecule has 1 N–H and O–H groups in total. The van der Waals surface area contributed by atoms with E-state index in [1.807, 2.05) is 0 Å². The van der Waals surface area contributed by atoms with E-state index in [4.69, 9.17) is 0 Å². The van der Waals surface area contributed by atoms with Crippen LogP contribution in [0.3, 0.4) is 0 Å². The van der Waals surface area contributed by atoms with Crippen LogP contribution in [0.4, 0.5) is 10.1 Å². The Labute approximate surface area is 116 Å². The van der Waals surface area contributed by atoms with Crippen molar-refractivity contribution in [3.05, 3.63) is 28.5 Å². The number of rotatable bonds is 4. The number of halogens is 2. The Bertz CT molecular complexity index is 523. The summed E-state index contributed by atoms with van der Waals surface area (Å²) in [5, 5.41) is 2.98. The van der Waals surface area contributed by atoms with E-state index in [2.05, 4.69) is 21.2 Å². The Morgan fingerprint density at radius 3 is 2.44 bits per heavy atom. The molecule has 6 heteroatoms. The van der Waals surface area contributed by atoms with Gasteiger partial charge in [0.1, 0.15) is 5.82 Å². The molecule has 1 aromatic rings. The summed E-state index contributed by atoms with van der Waals surface area (Å²) in [7, 11) is -3.14. The summed E-state index contributed by atoms with van der Waals surface area (Å²) >= 11 is 3.22. The molecule has 0 aromatic heterocycles. The number of benzene rings is 1. The average molecular weight is 338 g/mol. The van der Waals surface area contributed by atoms with Gasteiger partial charge in [-0.3, -0.25) is 0 Å². The third kappa shape index (κ3) is 3.95. The van der Waals surface area contributed by atoms with Gasteiger partial charge in [-0.05, 0) is 54.9 Å². The molecular formula is C12H17BrFNO2S. The van der Waals surface area contributed by atoms with Gasteiger partial charge in [-0.25, -0.2) is 12.8 Å². The number of nitrogens with one attached hydrogen (secondary N) is 1. The van der Waals surface area contributed by atoms with Gasteiger partial charge in [-0.1, -0.05) is 0 Å². The Morgan fingerprint density at radius 1 is 1.33 bits per heavy atom. The second-order valence-corrected chi connectivity index (χ2v) is 8.70. The van der Waals surface area contributed by atoms with E-state index >= 15 is 0 Å². The minimum atomic E-state index is -3.14. The second-order valence-electron chi connectivity index (χ2n) is 4.98. The van der Waals surface area contributed by atoms with Gasteiger partial charge in [0, 0.05) is 16.7 Å². The van der Waals surface area contributed by atoms with Crippen LogP contribution in [0.2, 0.25) is 0 Å². The van der Waals surface area contributed by atoms with Crippen LogP contribution in [0.5, 0.6) is 0 Å². The summed E-state index contributed by atoms with van der Waals surface area (Å²) in [6.07, 6.45) is 0. The van der Waals surface area contributed by atoms with Crippen molar-refractivity contribution in [1.29, 1.82) is 0 Å². The first-order valence-electron chi connectivity index (χ1n) is 5.55. The molecular weight excluding hydrogens is 321 g/mol. The molecule has 0 saturated carbocycles. The molecule has 0 fully saturated rings. The van der Waals surface area contributed by atoms with Gasteiger partial charge in [0.2, 0.25) is 0 Å². The van der Waals surface area contributed by atoms with Gasteiger partial charge in [-0.2, -0.15) is 0 Å². The van der Waals surface area contributed by atoms with Crippen LogP contribution in [0.15, 0.2) is 22.7 Å². The minimum absolute atomic E-state index is 0.0420. The maximum absolute atomic E-state index is 12.9. The van der Waals surface area contributed by atoms with E-state index in [9.17, 15) is 12.8 Å². The maximum atomic E-state index is 12.9. The highest BCUT2D eigenvalue weighted by Crippen LogP contribution is 2.23. The lowest BCUT2D eigenvalue weighted by molar-refractivity contribution is 0.560. The summed E-state index contributed by atoms with van der Waals surface area (Å²) in [5.74, 6) is -0.296. The number of anilines is 1. The molecule has 0 bridgehead atoms. The predicted octanol–water partition coefficient (Wildman–Crippen LogP) is 3.21. The summed E-state index contributed by atoms with van der Waals surface area (Å²) in [6.45, 7) is 5.33. The van der Waals surface area contributed by atoms with Gasteiger partial charge >= 0.3 is 0 Å². The van der Waals surface area contributed by atoms with Crippen molar-refractivity contribution in [2.75, 3.05) is 17.6 Å². The van der Waals surface area contributed by atoms with Gasteiger partial charge in [-0.15, -0.1) is 0 Å². The molecule has 102 valence electrons. The topological polar surface area (TPSA) is 46.2 Å². The highest BCUT2D eigenvalue weighted by molar-refractivity contribution is 9.10. The van der Waals surface area contributed by atoms with Crippen molar-refractivity contribution in [3.8, 4) is 0 Å². The zero-order chi connectivity index (χ0) is 14.0. The van der Waals surface area contributed by atoms with E-state index in [0.29, 0.717) is 16.7 Å². The molecule has 0 aliphatic rings. The maximum Gasteiger partial charge on any atom is 0.156 e. The first-order chi connectivity index (χ1) is 8.13. The van der Waals surface area contributed by atoms with Crippen molar-refractivity contribution in [2.45, 2.75) is 25.5 Å². The Hall–Kier alpha value is -0.620. The van der Waals surface area contributed by atoms with E-state index in [0.717, 1.165) is 0 Å². The molecule has 0 saturated heterocycles. The third-order valence-electron chi connectivity index (χ3n) is 2.55. The molecule has 0 heterocycles. The summed E-state index contributed by atoms with van der Waals surface area (Å²) < 4.78 is 36.4. The van der Waals surface area contributed by atoms with Crippen LogP contribution in [-0.4, -0.2) is 25.5 Å². The van der Waals surface area contributed by atoms with Crippen LogP contribution in [0.25, 0.3) is 0 Å². The quantitative estimate of drug-likeness (QED) is 0.917. The van der Waals surface area contributed by atoms with Crippen LogP contribution >= 0.6 is 15.9 Å². The molecule has 1 aromatic carbocycles. The number of sulfone groups is 1. The molecule has 0 atom stereocenters. The van der Waals surface area contributed by atoms with Crippen LogP contribution in [0.1, 0.15) is 20.8 Å². The first-order valence-corrected chi connectivity index (χ1v) is 7.99. The molecule has 0 amide bonds. The third-order valence-corrected chi connectivity index (χ3v) is 5.81. The molecule has 18 heavy (non-hydrogen) atoms. The molecule has 0 radical (unpaired) electrons. The zero-order valence-electron chi connectivity index (χ0n) is 10.6. The van der Waals surface area contributed by atoms with Crippen molar-refractivity contribution < 1.29 is 12.8 Å². The minimum Gasteiger partial charge on any atom is -0.383 e. The van der Waals surface area contributed by atoms with Gasteiger partial charge in [0.05, 0.1) is 10.5 Å². The van der Waals surface area contributed by atoms with E-state index in [1.165, 1.54) is 12.1 Å². The van der Waals surface area contributed by atoms with Crippen molar-refractivity contribution in [3.63, 3.8) is 0 Å². The Morgan fingerprint density at radius 2 is 1.94 bits per heavy atom. The number of hydrogen-bond donors (Lipinski definition) is 1. The monoisotopic (exact) mass is 337 g/mol. The van der Waals surface area contributed by atoms with Crippen LogP contribution in [-0.2, 0) is 9.84 Å². The van der Waals surface area contributed by atoms with Crippen molar-refractivity contribution in [1.82, 2.24) is 0 Å². The van der Waals surface area contributed by atoms with E-state index < -0.39 is 14.6 Å². The zero-order valence-corrected chi connectivity index (χ0v) is 13.0. The van der Waals surface area contributed by atoms with Crippen molar-refractivity contribution in [2.24, 2.45) is 0 Å². The summed E-state index contributed by atoms with van der Waals surface area (Å²) in [6, 6.07) is 4.23. The Kier molecular flexibility index (Phi) is 4.78. The van der Waals surface area contributed by atoms with Gasteiger partial charge in [0.25, 0.3) is 0 Å². The predicted molar refractivity (Wildman–Crippen MR) is 76.1 cm³/mol. The average Bonchev–Trinajstić information content (AvgIpc) is 2.19. The highest BCUT2D eigenvalue weighted by Gasteiger charge is 2.28. The van der Waals surface area contributed by atoms with Crippen LogP contribution < -0.4 is 5.32 Å². The highest BCUT2D eigenvalue weighted by atomic mass is 79.9. The lowest BCUT2D eigenvalue weighted by Crippen LogP contribution is -2.32. The smallest absolute Gasteiger partial charge is 0.156 e. The standard InChI is InChI=1S/C12H17BrFNO2S/c1-12(2,3)18(16,17)7-6-15-11-5-4-9(14)8-10(11)13/h4-5,8,15H,6-7H2,1-3H3. The van der Waals surface area contributed by atoms with E-state index in [-0.39, 0.29) is 11.6 Å². The van der Waals surface area contributed by atoms with E-state index in [1.54, 1.807) is 26.8 Å². The van der Waals surface area contributed by atoms with Crippen molar-refractivity contribution >= 4 is 31.5 Å². The Balaban J connectivity index is 2.63. The fourth-order valence-electron chi connectivity index (χ4n) is 1.26. The molecule has 0 spiro atoms. The molecule has 1 rings (SSSR count). The first kappa shape index (κ1) is 15.4. The van der Waals surface area contributed by atoms with Crippen LogP contribution in [0, 0.1) is 5.82 Å². The van der Waals surface area contributed by atoms with Gasteiger partial charge < -0.3 is 5.32 Å². The normalized spacial score (nSPS) is 12.5. The lowest BCUT2D eigenvalue weighted by atomic mass is 10.3. The molecule has 0 unspecified atom stereocenters. The lowest BCUT2D eigenvalue weighted by Gasteiger charge is -2.19. The molecule has 0 aliphatic heterocycles. The number of hydrogen-bond acceptors (Lipinski definition) is 3. The SMILES string of the molecule is CC(C)(C)S(=O)(=O)CCNc1ccc(F)cc1Br. The summed E-state index contributed by atoms with van der Waals surface area (Å²) in [4.78, 5) is 0. The fourth-order valence-corrected chi connectivity index (χ4v) is 2.73. The molecule has 3 nitrogen and oxygen atoms in total. The molecule has 0 aliphatic carbocycles. The fraction of sp³-hybridized carbons (Fsp3) is 0.500. The van der Waals surface area contributed by atoms with Gasteiger partial charge in [0.15, 0.2) is 9.84 Å². The largest absolute Gasteiger partial charge is 0.383 e. The second kappa shape index (κ2) is 5.57.